The molecule has 0 spiro atoms. The number of hydrogen-bond acceptors (Lipinski definition) is 5. The monoisotopic (exact) mass is 302 g/mol. The predicted molar refractivity (Wildman–Crippen MR) is 78.4 cm³/mol. The molecule has 0 aliphatic carbocycles. The van der Waals surface area contributed by atoms with Gasteiger partial charge in [0.15, 0.2) is 5.69 Å². The fourth-order valence-electron chi connectivity index (χ4n) is 2.75. The maximum Gasteiger partial charge on any atom is 0.274 e. The highest BCUT2D eigenvalue weighted by Crippen LogP contribution is 2.31. The van der Waals surface area contributed by atoms with Crippen LogP contribution in [0.1, 0.15) is 34.3 Å². The second-order valence-corrected chi connectivity index (χ2v) is 5.37. The van der Waals surface area contributed by atoms with Gasteiger partial charge >= 0.3 is 0 Å². The Labute approximate surface area is 127 Å². The first-order chi connectivity index (χ1) is 10.6. The van der Waals surface area contributed by atoms with Gasteiger partial charge in [-0.2, -0.15) is 5.10 Å². The first-order valence-corrected chi connectivity index (χ1v) is 7.13. The van der Waals surface area contributed by atoms with Crippen LogP contribution in [0.15, 0.2) is 24.5 Å². The molecule has 1 amide bonds. The van der Waals surface area contributed by atoms with Crippen LogP contribution < -0.4 is 5.32 Å². The molecule has 22 heavy (non-hydrogen) atoms. The van der Waals surface area contributed by atoms with E-state index in [-0.39, 0.29) is 23.6 Å². The Balaban J connectivity index is 1.78. The minimum absolute atomic E-state index is 0.0241. The molecule has 1 fully saturated rings. The van der Waals surface area contributed by atoms with Crippen molar-refractivity contribution in [2.45, 2.75) is 25.5 Å². The molecule has 1 aliphatic heterocycles. The summed E-state index contributed by atoms with van der Waals surface area (Å²) in [6.07, 6.45) is 3.85. The smallest absolute Gasteiger partial charge is 0.274 e. The van der Waals surface area contributed by atoms with Gasteiger partial charge in [0.1, 0.15) is 11.9 Å². The Morgan fingerprint density at radius 2 is 2.36 bits per heavy atom. The fourth-order valence-corrected chi connectivity index (χ4v) is 2.75. The lowest BCUT2D eigenvalue weighted by molar-refractivity contribution is 0.0813. The van der Waals surface area contributed by atoms with Gasteiger partial charge in [0.25, 0.3) is 5.91 Å². The third-order valence-corrected chi connectivity index (χ3v) is 3.77. The number of amides is 1. The average Bonchev–Trinajstić information content (AvgIpc) is 3.05. The van der Waals surface area contributed by atoms with E-state index in [4.69, 9.17) is 4.74 Å². The highest BCUT2D eigenvalue weighted by molar-refractivity contribution is 5.94. The number of rotatable bonds is 3. The predicted octanol–water partition coefficient (Wildman–Crippen LogP) is 1.09. The summed E-state index contributed by atoms with van der Waals surface area (Å²) in [5.74, 6) is -0.534. The molecule has 0 bridgehead atoms. The van der Waals surface area contributed by atoms with E-state index in [1.165, 1.54) is 12.3 Å². The maximum absolute atomic E-state index is 12.3. The zero-order chi connectivity index (χ0) is 15.7. The lowest BCUT2D eigenvalue weighted by Crippen LogP contribution is -2.37. The van der Waals surface area contributed by atoms with Crippen molar-refractivity contribution >= 4 is 5.91 Å². The lowest BCUT2D eigenvalue weighted by Gasteiger charge is -2.19. The summed E-state index contributed by atoms with van der Waals surface area (Å²) in [4.78, 5) is 16.2. The van der Waals surface area contributed by atoms with Gasteiger partial charge in [-0.3, -0.25) is 9.48 Å². The molecular formula is C15H18N4O3. The zero-order valence-electron chi connectivity index (χ0n) is 12.5. The molecule has 0 saturated carbocycles. The van der Waals surface area contributed by atoms with Crippen molar-refractivity contribution in [1.29, 1.82) is 0 Å². The van der Waals surface area contributed by atoms with Gasteiger partial charge in [-0.1, -0.05) is 0 Å². The van der Waals surface area contributed by atoms with Crippen LogP contribution in [-0.4, -0.2) is 38.4 Å². The molecule has 7 heteroatoms. The van der Waals surface area contributed by atoms with Crippen molar-refractivity contribution in [1.82, 2.24) is 20.1 Å². The van der Waals surface area contributed by atoms with Gasteiger partial charge in [0.2, 0.25) is 0 Å². The number of aromatic hydroxyl groups is 1. The fraction of sp³-hybridized carbons (Fsp3) is 0.400. The molecule has 0 unspecified atom stereocenters. The number of ether oxygens (including phenoxy) is 1. The first-order valence-electron chi connectivity index (χ1n) is 7.13. The van der Waals surface area contributed by atoms with E-state index in [1.807, 2.05) is 20.2 Å². The molecule has 1 saturated heterocycles. The molecule has 0 radical (unpaired) electrons. The van der Waals surface area contributed by atoms with Crippen molar-refractivity contribution in [2.24, 2.45) is 7.05 Å². The molecule has 2 N–H and O–H groups in total. The summed E-state index contributed by atoms with van der Waals surface area (Å²) in [6, 6.07) is 2.85. The Hall–Kier alpha value is -2.41. The number of aryl methyl sites for hydroxylation is 2. The van der Waals surface area contributed by atoms with Crippen molar-refractivity contribution in [3.05, 3.63) is 41.5 Å². The highest BCUT2D eigenvalue weighted by atomic mass is 16.5. The minimum Gasteiger partial charge on any atom is -0.505 e. The molecule has 0 aromatic carbocycles. The molecule has 116 valence electrons. The summed E-state index contributed by atoms with van der Waals surface area (Å²) >= 11 is 0. The van der Waals surface area contributed by atoms with Crippen molar-refractivity contribution in [3.63, 3.8) is 0 Å². The first kappa shape index (κ1) is 14.5. The third-order valence-electron chi connectivity index (χ3n) is 3.77. The summed E-state index contributed by atoms with van der Waals surface area (Å²) in [5.41, 5.74) is 1.88. The average molecular weight is 302 g/mol. The summed E-state index contributed by atoms with van der Waals surface area (Å²) in [5, 5.41) is 16.9. The topological polar surface area (TPSA) is 89.3 Å². The van der Waals surface area contributed by atoms with E-state index in [1.54, 1.807) is 10.7 Å². The van der Waals surface area contributed by atoms with Crippen molar-refractivity contribution in [2.75, 3.05) is 6.61 Å². The lowest BCUT2D eigenvalue weighted by atomic mass is 10.0. The van der Waals surface area contributed by atoms with Gasteiger partial charge in [-0.25, -0.2) is 4.98 Å². The Morgan fingerprint density at radius 1 is 1.55 bits per heavy atom. The number of nitrogens with zero attached hydrogens (tertiary/aromatic N) is 3. The third kappa shape index (κ3) is 2.67. The molecule has 2 aromatic heterocycles. The van der Waals surface area contributed by atoms with Crippen LogP contribution in [0.5, 0.6) is 5.75 Å². The number of carbonyl (C=O) groups is 1. The number of nitrogens with one attached hydrogen (secondary N) is 1. The molecule has 7 nitrogen and oxygen atoms in total. The van der Waals surface area contributed by atoms with E-state index in [9.17, 15) is 9.90 Å². The SMILES string of the molecule is Cc1nn(C)cc1[C@H]1OCC[C@@H]1NC(=O)c1ncccc1O. The van der Waals surface area contributed by atoms with Crippen LogP contribution >= 0.6 is 0 Å². The highest BCUT2D eigenvalue weighted by Gasteiger charge is 2.33. The zero-order valence-corrected chi connectivity index (χ0v) is 12.5. The van der Waals surface area contributed by atoms with Crippen LogP contribution in [0, 0.1) is 6.92 Å². The standard InChI is InChI=1S/C15H18N4O3/c1-9-10(8-19(2)18-9)14-11(5-7-22-14)17-15(21)13-12(20)4-3-6-16-13/h3-4,6,8,11,14,20H,5,7H2,1-2H3,(H,17,21)/t11-,14+/m0/s1. The minimum atomic E-state index is -0.403. The normalized spacial score (nSPS) is 21.0. The van der Waals surface area contributed by atoms with E-state index in [0.717, 1.165) is 11.3 Å². The van der Waals surface area contributed by atoms with Gasteiger partial charge in [-0.15, -0.1) is 0 Å². The quantitative estimate of drug-likeness (QED) is 0.886. The number of pyridine rings is 1. The van der Waals surface area contributed by atoms with E-state index in [0.29, 0.717) is 13.0 Å². The van der Waals surface area contributed by atoms with Crippen LogP contribution in [-0.2, 0) is 11.8 Å². The Bertz CT molecular complexity index is 698. The molecule has 3 rings (SSSR count). The summed E-state index contributed by atoms with van der Waals surface area (Å²) in [6.45, 7) is 2.48. The molecular weight excluding hydrogens is 284 g/mol. The van der Waals surface area contributed by atoms with Gasteiger partial charge in [-0.05, 0) is 25.5 Å². The maximum atomic E-state index is 12.3. The van der Waals surface area contributed by atoms with E-state index in [2.05, 4.69) is 15.4 Å². The second kappa shape index (κ2) is 5.76. The van der Waals surface area contributed by atoms with E-state index < -0.39 is 5.91 Å². The van der Waals surface area contributed by atoms with Gasteiger partial charge in [0.05, 0.1) is 11.7 Å². The molecule has 2 aromatic rings. The van der Waals surface area contributed by atoms with Crippen LogP contribution in [0.25, 0.3) is 0 Å². The van der Waals surface area contributed by atoms with Crippen LogP contribution in [0.3, 0.4) is 0 Å². The van der Waals surface area contributed by atoms with E-state index >= 15 is 0 Å². The Morgan fingerprint density at radius 3 is 3.05 bits per heavy atom. The second-order valence-electron chi connectivity index (χ2n) is 5.37. The largest absolute Gasteiger partial charge is 0.505 e. The van der Waals surface area contributed by atoms with Gasteiger partial charge in [0, 0.05) is 31.6 Å². The number of hydrogen-bond donors (Lipinski definition) is 2. The van der Waals surface area contributed by atoms with Gasteiger partial charge < -0.3 is 15.2 Å². The molecule has 2 atom stereocenters. The summed E-state index contributed by atoms with van der Waals surface area (Å²) < 4.78 is 7.49. The van der Waals surface area contributed by atoms with Crippen LogP contribution in [0.2, 0.25) is 0 Å². The summed E-state index contributed by atoms with van der Waals surface area (Å²) in [7, 11) is 1.85. The van der Waals surface area contributed by atoms with Crippen molar-refractivity contribution < 1.29 is 14.6 Å². The number of carbonyl (C=O) groups excluding carboxylic acids is 1. The Kier molecular flexibility index (Phi) is 3.81. The number of aromatic nitrogens is 3. The van der Waals surface area contributed by atoms with Crippen LogP contribution in [0.4, 0.5) is 0 Å². The molecule has 1 aliphatic rings. The molecule has 3 heterocycles. The van der Waals surface area contributed by atoms with Crippen molar-refractivity contribution in [3.8, 4) is 5.75 Å².